The van der Waals surface area contributed by atoms with Gasteiger partial charge in [0.2, 0.25) is 0 Å². The van der Waals surface area contributed by atoms with Gasteiger partial charge >= 0.3 is 6.03 Å². The van der Waals surface area contributed by atoms with Crippen LogP contribution in [0.4, 0.5) is 4.79 Å². The summed E-state index contributed by atoms with van der Waals surface area (Å²) in [6.07, 6.45) is 2.39. The third-order valence-corrected chi connectivity index (χ3v) is 5.28. The minimum atomic E-state index is -1.24. The number of carbonyl (C=O) groups excluding carboxylic acids is 1. The second kappa shape index (κ2) is 6.91. The van der Waals surface area contributed by atoms with Crippen molar-refractivity contribution in [3.63, 3.8) is 0 Å². The van der Waals surface area contributed by atoms with Gasteiger partial charge in [-0.05, 0) is 44.0 Å². The van der Waals surface area contributed by atoms with E-state index in [9.17, 15) is 9.90 Å². The second-order valence-electron chi connectivity index (χ2n) is 6.31. The summed E-state index contributed by atoms with van der Waals surface area (Å²) >= 11 is 1.82. The maximum atomic E-state index is 12.3. The summed E-state index contributed by atoms with van der Waals surface area (Å²) in [4.78, 5) is 13.5. The topological polar surface area (TPSA) is 74.5 Å². The molecule has 0 unspecified atom stereocenters. The van der Waals surface area contributed by atoms with Crippen molar-refractivity contribution >= 4 is 17.8 Å². The molecule has 0 bridgehead atoms. The molecule has 2 heterocycles. The van der Waals surface area contributed by atoms with Crippen molar-refractivity contribution in [2.45, 2.75) is 36.8 Å². The molecule has 0 saturated heterocycles. The first-order valence-electron chi connectivity index (χ1n) is 8.00. The number of fused-ring (bicyclic) bond motifs is 1. The van der Waals surface area contributed by atoms with Crippen molar-refractivity contribution in [2.75, 3.05) is 12.3 Å². The predicted molar refractivity (Wildman–Crippen MR) is 94.1 cm³/mol. The molecule has 24 heavy (non-hydrogen) atoms. The lowest BCUT2D eigenvalue weighted by molar-refractivity contribution is 0.0366. The average molecular weight is 346 g/mol. The molecule has 5 nitrogen and oxygen atoms in total. The predicted octanol–water partition coefficient (Wildman–Crippen LogP) is 3.33. The number of hydrogen-bond donors (Lipinski definition) is 3. The van der Waals surface area contributed by atoms with Crippen molar-refractivity contribution in [3.8, 4) is 0 Å². The molecule has 0 aliphatic carbocycles. The van der Waals surface area contributed by atoms with E-state index < -0.39 is 5.60 Å². The molecule has 2 aromatic rings. The molecular weight excluding hydrogens is 324 g/mol. The van der Waals surface area contributed by atoms with Crippen LogP contribution in [0.15, 0.2) is 45.9 Å². The Bertz CT molecular complexity index is 713. The summed E-state index contributed by atoms with van der Waals surface area (Å²) in [5, 5.41) is 16.1. The highest BCUT2D eigenvalue weighted by molar-refractivity contribution is 7.99. The van der Waals surface area contributed by atoms with E-state index in [4.69, 9.17) is 4.42 Å². The first-order chi connectivity index (χ1) is 11.5. The maximum Gasteiger partial charge on any atom is 0.315 e. The Balaban J connectivity index is 1.61. The van der Waals surface area contributed by atoms with Crippen molar-refractivity contribution in [3.05, 3.63) is 53.5 Å². The number of amides is 2. The van der Waals surface area contributed by atoms with Gasteiger partial charge in [-0.25, -0.2) is 4.79 Å². The summed E-state index contributed by atoms with van der Waals surface area (Å²) in [5.74, 6) is 1.41. The van der Waals surface area contributed by atoms with Gasteiger partial charge in [0.25, 0.3) is 0 Å². The highest BCUT2D eigenvalue weighted by Gasteiger charge is 2.28. The molecule has 1 aliphatic heterocycles. The van der Waals surface area contributed by atoms with Gasteiger partial charge in [-0.1, -0.05) is 17.7 Å². The standard InChI is InChI=1S/C18H22N2O3S/c1-12-5-6-15-13(10-12)14(7-9-24-15)20-17(21)19-11-18(2,22)16-4-3-8-23-16/h3-6,8,10,14,22H,7,9,11H2,1-2H3,(H2,19,20,21)/t14-,18-/m1/s1. The fraction of sp³-hybridized carbons (Fsp3) is 0.389. The highest BCUT2D eigenvalue weighted by atomic mass is 32.2. The summed E-state index contributed by atoms with van der Waals surface area (Å²) in [7, 11) is 0. The molecular formula is C18H22N2O3S. The van der Waals surface area contributed by atoms with Crippen LogP contribution in [-0.2, 0) is 5.60 Å². The number of aryl methyl sites for hydroxylation is 1. The molecule has 3 N–H and O–H groups in total. The number of furan rings is 1. The quantitative estimate of drug-likeness (QED) is 0.794. The van der Waals surface area contributed by atoms with E-state index in [2.05, 4.69) is 35.8 Å². The van der Waals surface area contributed by atoms with Crippen LogP contribution in [0.5, 0.6) is 0 Å². The monoisotopic (exact) mass is 346 g/mol. The van der Waals surface area contributed by atoms with E-state index in [1.165, 1.54) is 22.3 Å². The molecule has 128 valence electrons. The molecule has 1 aromatic carbocycles. The van der Waals surface area contributed by atoms with E-state index in [0.717, 1.165) is 12.2 Å². The molecule has 2 amide bonds. The van der Waals surface area contributed by atoms with Gasteiger partial charge in [0.05, 0.1) is 18.8 Å². The third kappa shape index (κ3) is 3.76. The number of carbonyl (C=O) groups is 1. The lowest BCUT2D eigenvalue weighted by Gasteiger charge is -2.27. The van der Waals surface area contributed by atoms with Crippen LogP contribution >= 0.6 is 11.8 Å². The Labute approximate surface area is 145 Å². The maximum absolute atomic E-state index is 12.3. The molecule has 0 saturated carbocycles. The summed E-state index contributed by atoms with van der Waals surface area (Å²) < 4.78 is 5.22. The van der Waals surface area contributed by atoms with Crippen LogP contribution in [0, 0.1) is 6.92 Å². The lowest BCUT2D eigenvalue weighted by atomic mass is 10.0. The van der Waals surface area contributed by atoms with E-state index in [1.54, 1.807) is 19.1 Å². The minimum Gasteiger partial charge on any atom is -0.466 e. The Morgan fingerprint density at radius 2 is 2.29 bits per heavy atom. The zero-order chi connectivity index (χ0) is 17.2. The number of rotatable bonds is 4. The minimum absolute atomic E-state index is 0.00490. The lowest BCUT2D eigenvalue weighted by Crippen LogP contribution is -2.44. The van der Waals surface area contributed by atoms with Gasteiger partial charge in [-0.2, -0.15) is 0 Å². The van der Waals surface area contributed by atoms with Gasteiger partial charge in [0.15, 0.2) is 0 Å². The van der Waals surface area contributed by atoms with E-state index in [1.807, 2.05) is 11.8 Å². The number of urea groups is 1. The van der Waals surface area contributed by atoms with Crippen LogP contribution in [0.2, 0.25) is 0 Å². The van der Waals surface area contributed by atoms with Crippen LogP contribution in [-0.4, -0.2) is 23.4 Å². The van der Waals surface area contributed by atoms with Crippen LogP contribution < -0.4 is 10.6 Å². The van der Waals surface area contributed by atoms with Crippen molar-refractivity contribution < 1.29 is 14.3 Å². The SMILES string of the molecule is Cc1ccc2c(c1)[C@H](NC(=O)NC[C@@](C)(O)c1ccco1)CCS2. The van der Waals surface area contributed by atoms with E-state index in [0.29, 0.717) is 5.76 Å². The Kier molecular flexibility index (Phi) is 4.87. The van der Waals surface area contributed by atoms with Gasteiger partial charge in [0, 0.05) is 10.6 Å². The number of nitrogens with one attached hydrogen (secondary N) is 2. The number of hydrogen-bond acceptors (Lipinski definition) is 4. The summed E-state index contributed by atoms with van der Waals surface area (Å²) in [6.45, 7) is 3.74. The molecule has 0 fully saturated rings. The van der Waals surface area contributed by atoms with Crippen LogP contribution in [0.3, 0.4) is 0 Å². The van der Waals surface area contributed by atoms with E-state index in [-0.39, 0.29) is 18.6 Å². The molecule has 0 radical (unpaired) electrons. The highest BCUT2D eigenvalue weighted by Crippen LogP contribution is 2.36. The van der Waals surface area contributed by atoms with Gasteiger partial charge in [0.1, 0.15) is 11.4 Å². The van der Waals surface area contributed by atoms with Crippen LogP contribution in [0.1, 0.15) is 36.3 Å². The van der Waals surface area contributed by atoms with Gasteiger partial charge in [-0.15, -0.1) is 11.8 Å². The number of thioether (sulfide) groups is 1. The fourth-order valence-electron chi connectivity index (χ4n) is 2.80. The fourth-order valence-corrected chi connectivity index (χ4v) is 3.90. The zero-order valence-corrected chi connectivity index (χ0v) is 14.7. The molecule has 1 aromatic heterocycles. The first-order valence-corrected chi connectivity index (χ1v) is 8.98. The van der Waals surface area contributed by atoms with Crippen molar-refractivity contribution in [2.24, 2.45) is 0 Å². The Morgan fingerprint density at radius 3 is 3.04 bits per heavy atom. The second-order valence-corrected chi connectivity index (χ2v) is 7.45. The molecule has 3 rings (SSSR count). The Morgan fingerprint density at radius 1 is 1.46 bits per heavy atom. The molecule has 0 spiro atoms. The normalized spacial score (nSPS) is 19.2. The third-order valence-electron chi connectivity index (χ3n) is 4.16. The van der Waals surface area contributed by atoms with Crippen LogP contribution in [0.25, 0.3) is 0 Å². The molecule has 2 atom stereocenters. The smallest absolute Gasteiger partial charge is 0.315 e. The number of aliphatic hydroxyl groups is 1. The Hall–Kier alpha value is -1.92. The van der Waals surface area contributed by atoms with Crippen molar-refractivity contribution in [1.29, 1.82) is 0 Å². The molecule has 1 aliphatic rings. The average Bonchev–Trinajstić information content (AvgIpc) is 3.09. The largest absolute Gasteiger partial charge is 0.466 e. The summed E-state index contributed by atoms with van der Waals surface area (Å²) in [6, 6.07) is 9.45. The summed E-state index contributed by atoms with van der Waals surface area (Å²) in [5.41, 5.74) is 1.11. The zero-order valence-electron chi connectivity index (χ0n) is 13.8. The van der Waals surface area contributed by atoms with Crippen molar-refractivity contribution in [1.82, 2.24) is 10.6 Å². The molecule has 6 heteroatoms. The number of benzene rings is 1. The van der Waals surface area contributed by atoms with Gasteiger partial charge < -0.3 is 20.2 Å². The first kappa shape index (κ1) is 16.9. The van der Waals surface area contributed by atoms with Gasteiger partial charge in [-0.3, -0.25) is 0 Å². The van der Waals surface area contributed by atoms with E-state index >= 15 is 0 Å².